The van der Waals surface area contributed by atoms with Crippen molar-refractivity contribution in [2.45, 2.75) is 46.1 Å². The normalized spacial score (nSPS) is 14.7. The van der Waals surface area contributed by atoms with Crippen LogP contribution in [-0.2, 0) is 4.79 Å². The third-order valence-corrected chi connectivity index (χ3v) is 3.66. The van der Waals surface area contributed by atoms with Crippen LogP contribution in [0.15, 0.2) is 18.5 Å². The summed E-state index contributed by atoms with van der Waals surface area (Å²) in [5.74, 6) is -0.156. The number of pyridine rings is 1. The number of hydrogen-bond donors (Lipinski definition) is 3. The number of carbonyl (C=O) groups excluding carboxylic acids is 2. The van der Waals surface area contributed by atoms with Gasteiger partial charge in [0.1, 0.15) is 5.65 Å². The van der Waals surface area contributed by atoms with E-state index in [1.807, 2.05) is 20.8 Å². The Morgan fingerprint density at radius 3 is 2.74 bits per heavy atom. The molecule has 2 aromatic rings. The summed E-state index contributed by atoms with van der Waals surface area (Å²) in [6, 6.07) is 2.09. The van der Waals surface area contributed by atoms with Gasteiger partial charge in [0.15, 0.2) is 0 Å². The Kier molecular flexibility index (Phi) is 3.83. The fraction of sp³-hybridized carbons (Fsp3) is 0.471. The zero-order valence-electron chi connectivity index (χ0n) is 13.7. The largest absolute Gasteiger partial charge is 0.349 e. The van der Waals surface area contributed by atoms with Crippen molar-refractivity contribution in [3.05, 3.63) is 24.0 Å². The van der Waals surface area contributed by atoms with Crippen molar-refractivity contribution in [3.63, 3.8) is 0 Å². The highest BCUT2D eigenvalue weighted by Crippen LogP contribution is 2.24. The van der Waals surface area contributed by atoms with Crippen molar-refractivity contribution in [2.75, 3.05) is 5.32 Å². The van der Waals surface area contributed by atoms with Gasteiger partial charge in [-0.3, -0.25) is 9.59 Å². The van der Waals surface area contributed by atoms with Gasteiger partial charge in [-0.25, -0.2) is 4.98 Å². The van der Waals surface area contributed by atoms with E-state index in [1.54, 1.807) is 18.5 Å². The molecule has 2 aromatic heterocycles. The minimum absolute atomic E-state index is 0.0573. The van der Waals surface area contributed by atoms with Crippen LogP contribution in [0.25, 0.3) is 11.0 Å². The smallest absolute Gasteiger partial charge is 0.253 e. The molecule has 0 unspecified atom stereocenters. The summed E-state index contributed by atoms with van der Waals surface area (Å²) in [7, 11) is 0. The summed E-state index contributed by atoms with van der Waals surface area (Å²) in [6.45, 7) is 6.04. The molecule has 0 aliphatic heterocycles. The van der Waals surface area contributed by atoms with Gasteiger partial charge in [-0.1, -0.05) is 20.8 Å². The number of H-pyrrole nitrogens is 1. The van der Waals surface area contributed by atoms with E-state index in [1.165, 1.54) is 0 Å². The molecule has 2 amide bonds. The Labute approximate surface area is 135 Å². The lowest BCUT2D eigenvalue weighted by Crippen LogP contribution is -2.25. The number of nitrogens with zero attached hydrogens (tertiary/aromatic N) is 1. The van der Waals surface area contributed by atoms with Crippen molar-refractivity contribution in [1.82, 2.24) is 15.3 Å². The number of fused-ring (bicyclic) bond motifs is 1. The fourth-order valence-electron chi connectivity index (χ4n) is 2.44. The SMILES string of the molecule is CC(C)(C)CC(=O)Nc1cnc2[nH]cc(C(=O)NC3CC3)c2c1. The highest BCUT2D eigenvalue weighted by Gasteiger charge is 2.25. The molecule has 6 heteroatoms. The van der Waals surface area contributed by atoms with E-state index in [0.717, 1.165) is 18.2 Å². The number of rotatable bonds is 4. The van der Waals surface area contributed by atoms with Gasteiger partial charge in [-0.15, -0.1) is 0 Å². The Morgan fingerprint density at radius 2 is 2.09 bits per heavy atom. The lowest BCUT2D eigenvalue weighted by atomic mass is 9.92. The summed E-state index contributed by atoms with van der Waals surface area (Å²) >= 11 is 0. The molecule has 0 spiro atoms. The predicted molar refractivity (Wildman–Crippen MR) is 89.3 cm³/mol. The molecule has 1 aliphatic carbocycles. The van der Waals surface area contributed by atoms with Crippen molar-refractivity contribution >= 4 is 28.5 Å². The van der Waals surface area contributed by atoms with Crippen LogP contribution in [-0.4, -0.2) is 27.8 Å². The molecule has 0 aromatic carbocycles. The number of nitrogens with one attached hydrogen (secondary N) is 3. The lowest BCUT2D eigenvalue weighted by molar-refractivity contribution is -0.117. The topological polar surface area (TPSA) is 86.9 Å². The third kappa shape index (κ3) is 3.88. The van der Waals surface area contributed by atoms with E-state index in [0.29, 0.717) is 29.4 Å². The Morgan fingerprint density at radius 1 is 1.35 bits per heavy atom. The minimum atomic E-state index is -0.0984. The number of anilines is 1. The Hall–Kier alpha value is -2.37. The van der Waals surface area contributed by atoms with Crippen LogP contribution in [0.5, 0.6) is 0 Å². The molecular weight excluding hydrogens is 292 g/mol. The number of carbonyl (C=O) groups is 2. The maximum Gasteiger partial charge on any atom is 0.253 e. The van der Waals surface area contributed by atoms with E-state index < -0.39 is 0 Å². The van der Waals surface area contributed by atoms with Gasteiger partial charge in [0.25, 0.3) is 5.91 Å². The molecule has 0 atom stereocenters. The molecule has 2 heterocycles. The van der Waals surface area contributed by atoms with Crippen LogP contribution in [0, 0.1) is 5.41 Å². The first kappa shape index (κ1) is 15.5. The Balaban J connectivity index is 1.79. The highest BCUT2D eigenvalue weighted by molar-refractivity contribution is 6.07. The van der Waals surface area contributed by atoms with E-state index in [4.69, 9.17) is 0 Å². The summed E-state index contributed by atoms with van der Waals surface area (Å²) in [5.41, 5.74) is 1.73. The van der Waals surface area contributed by atoms with Crippen LogP contribution < -0.4 is 10.6 Å². The van der Waals surface area contributed by atoms with Crippen LogP contribution in [0.4, 0.5) is 5.69 Å². The monoisotopic (exact) mass is 314 g/mol. The summed E-state index contributed by atoms with van der Waals surface area (Å²) < 4.78 is 0. The first-order chi connectivity index (χ1) is 10.8. The fourth-order valence-corrected chi connectivity index (χ4v) is 2.44. The summed E-state index contributed by atoms with van der Waals surface area (Å²) in [4.78, 5) is 31.6. The molecule has 3 rings (SSSR count). The third-order valence-electron chi connectivity index (χ3n) is 3.66. The average Bonchev–Trinajstić information content (AvgIpc) is 3.13. The van der Waals surface area contributed by atoms with Crippen LogP contribution in [0.1, 0.15) is 50.4 Å². The standard InChI is InChI=1S/C17H22N4O2/c1-17(2,3)7-14(22)20-11-6-12-13(9-19-15(12)18-8-11)16(23)21-10-4-5-10/h6,8-10H,4-5,7H2,1-3H3,(H,18,19)(H,20,22)(H,21,23). The van der Waals surface area contributed by atoms with Gasteiger partial charge in [-0.2, -0.15) is 0 Å². The molecule has 122 valence electrons. The molecule has 0 radical (unpaired) electrons. The second-order valence-corrected chi connectivity index (χ2v) is 7.36. The van der Waals surface area contributed by atoms with Gasteiger partial charge in [-0.05, 0) is 24.3 Å². The maximum absolute atomic E-state index is 12.2. The van der Waals surface area contributed by atoms with Gasteiger partial charge < -0.3 is 15.6 Å². The number of hydrogen-bond acceptors (Lipinski definition) is 3. The van der Waals surface area contributed by atoms with Crippen LogP contribution in [0.2, 0.25) is 0 Å². The second kappa shape index (κ2) is 5.68. The number of amides is 2. The van der Waals surface area contributed by atoms with E-state index in [-0.39, 0.29) is 17.2 Å². The quantitative estimate of drug-likeness (QED) is 0.811. The van der Waals surface area contributed by atoms with Crippen molar-refractivity contribution < 1.29 is 9.59 Å². The first-order valence-corrected chi connectivity index (χ1v) is 7.90. The van der Waals surface area contributed by atoms with Gasteiger partial charge >= 0.3 is 0 Å². The molecule has 1 aliphatic rings. The molecular formula is C17H22N4O2. The van der Waals surface area contributed by atoms with E-state index in [2.05, 4.69) is 20.6 Å². The molecule has 1 saturated carbocycles. The summed E-state index contributed by atoms with van der Waals surface area (Å²) in [5, 5.41) is 6.54. The number of aromatic nitrogens is 2. The second-order valence-electron chi connectivity index (χ2n) is 7.36. The highest BCUT2D eigenvalue weighted by atomic mass is 16.2. The number of aromatic amines is 1. The Bertz CT molecular complexity index is 754. The zero-order chi connectivity index (χ0) is 16.6. The molecule has 6 nitrogen and oxygen atoms in total. The van der Waals surface area contributed by atoms with Gasteiger partial charge in [0.2, 0.25) is 5.91 Å². The minimum Gasteiger partial charge on any atom is -0.349 e. The van der Waals surface area contributed by atoms with E-state index >= 15 is 0 Å². The van der Waals surface area contributed by atoms with Gasteiger partial charge in [0, 0.05) is 24.0 Å². The summed E-state index contributed by atoms with van der Waals surface area (Å²) in [6.07, 6.45) is 5.77. The van der Waals surface area contributed by atoms with E-state index in [9.17, 15) is 9.59 Å². The maximum atomic E-state index is 12.2. The molecule has 0 saturated heterocycles. The average molecular weight is 314 g/mol. The molecule has 0 bridgehead atoms. The van der Waals surface area contributed by atoms with Crippen molar-refractivity contribution in [1.29, 1.82) is 0 Å². The van der Waals surface area contributed by atoms with Crippen LogP contribution in [0.3, 0.4) is 0 Å². The van der Waals surface area contributed by atoms with Crippen molar-refractivity contribution in [2.24, 2.45) is 5.41 Å². The lowest BCUT2D eigenvalue weighted by Gasteiger charge is -2.17. The van der Waals surface area contributed by atoms with Gasteiger partial charge in [0.05, 0.1) is 17.4 Å². The van der Waals surface area contributed by atoms with Crippen LogP contribution >= 0.6 is 0 Å². The zero-order valence-corrected chi connectivity index (χ0v) is 13.7. The van der Waals surface area contributed by atoms with Crippen molar-refractivity contribution in [3.8, 4) is 0 Å². The molecule has 1 fully saturated rings. The molecule has 23 heavy (non-hydrogen) atoms. The first-order valence-electron chi connectivity index (χ1n) is 7.90. The molecule has 3 N–H and O–H groups in total. The predicted octanol–water partition coefficient (Wildman–Crippen LogP) is 2.83.